The maximum atomic E-state index is 13.4. The molecule has 1 fully saturated rings. The molecule has 1 saturated heterocycles. The van der Waals surface area contributed by atoms with Crippen molar-refractivity contribution in [3.05, 3.63) is 91.5 Å². The van der Waals surface area contributed by atoms with Crippen LogP contribution in [0.1, 0.15) is 16.7 Å². The third-order valence-electron chi connectivity index (χ3n) is 4.96. The van der Waals surface area contributed by atoms with Gasteiger partial charge in [0.25, 0.3) is 5.91 Å². The van der Waals surface area contributed by atoms with Gasteiger partial charge in [-0.1, -0.05) is 45.7 Å². The molecule has 5 nitrogen and oxygen atoms in total. The van der Waals surface area contributed by atoms with Crippen LogP contribution in [0.5, 0.6) is 11.5 Å². The fourth-order valence-corrected chi connectivity index (χ4v) is 4.60. The van der Waals surface area contributed by atoms with E-state index in [2.05, 4.69) is 26.2 Å². The van der Waals surface area contributed by atoms with Crippen molar-refractivity contribution in [3.63, 3.8) is 0 Å². The number of nitrogens with one attached hydrogen (secondary N) is 1. The summed E-state index contributed by atoms with van der Waals surface area (Å²) in [6.07, 6.45) is 1.75. The molecule has 0 aromatic heterocycles. The number of ether oxygens (including phenoxy) is 2. The molecule has 3 aromatic rings. The molecule has 0 bridgehead atoms. The molecule has 174 valence electrons. The minimum Gasteiger partial charge on any atom is -0.493 e. The average Bonchev–Trinajstić information content (AvgIpc) is 3.15. The number of methoxy groups -OCH3 is 1. The largest absolute Gasteiger partial charge is 0.493 e. The lowest BCUT2D eigenvalue weighted by Gasteiger charge is -2.13. The van der Waals surface area contributed by atoms with Gasteiger partial charge in [0.2, 0.25) is 0 Å². The van der Waals surface area contributed by atoms with E-state index in [1.165, 1.54) is 31.0 Å². The Morgan fingerprint density at radius 3 is 2.74 bits per heavy atom. The molecule has 0 spiro atoms. The molecule has 3 aromatic carbocycles. The van der Waals surface area contributed by atoms with Gasteiger partial charge in [-0.25, -0.2) is 9.38 Å². The van der Waals surface area contributed by atoms with Crippen LogP contribution in [0.15, 0.2) is 69.0 Å². The molecule has 0 radical (unpaired) electrons. The topological polar surface area (TPSA) is 59.9 Å². The highest BCUT2D eigenvalue weighted by atomic mass is 79.9. The number of carbonyl (C=O) groups is 1. The van der Waals surface area contributed by atoms with Gasteiger partial charge in [0.1, 0.15) is 12.4 Å². The summed E-state index contributed by atoms with van der Waals surface area (Å²) in [5, 5.41) is 3.87. The molecule has 34 heavy (non-hydrogen) atoms. The number of halogens is 3. The fourth-order valence-electron chi connectivity index (χ4n) is 3.17. The summed E-state index contributed by atoms with van der Waals surface area (Å²) in [4.78, 5) is 17.6. The molecular weight excluding hydrogens is 543 g/mol. The number of thioether (sulfide) groups is 1. The minimum absolute atomic E-state index is 0.183. The van der Waals surface area contributed by atoms with Crippen molar-refractivity contribution in [2.75, 3.05) is 7.11 Å². The van der Waals surface area contributed by atoms with Gasteiger partial charge in [-0.05, 0) is 77.9 Å². The van der Waals surface area contributed by atoms with E-state index in [4.69, 9.17) is 21.1 Å². The van der Waals surface area contributed by atoms with Gasteiger partial charge in [-0.15, -0.1) is 0 Å². The molecule has 1 aliphatic rings. The molecule has 9 heteroatoms. The Kier molecular flexibility index (Phi) is 7.60. The average molecular weight is 562 g/mol. The molecule has 1 N–H and O–H groups in total. The van der Waals surface area contributed by atoms with Crippen LogP contribution in [0, 0.1) is 12.7 Å². The number of aliphatic imine (C=N–C) groups is 1. The summed E-state index contributed by atoms with van der Waals surface area (Å²) in [5.74, 6) is 0.402. The summed E-state index contributed by atoms with van der Waals surface area (Å²) in [6, 6.07) is 15.2. The van der Waals surface area contributed by atoms with Crippen LogP contribution in [-0.4, -0.2) is 18.2 Å². The molecule has 4 rings (SSSR count). The molecule has 0 atom stereocenters. The van der Waals surface area contributed by atoms with Gasteiger partial charge >= 0.3 is 0 Å². The third kappa shape index (κ3) is 5.63. The van der Waals surface area contributed by atoms with E-state index in [-0.39, 0.29) is 18.3 Å². The summed E-state index contributed by atoms with van der Waals surface area (Å²) in [6.45, 7) is 2.06. The van der Waals surface area contributed by atoms with Crippen LogP contribution >= 0.6 is 39.3 Å². The van der Waals surface area contributed by atoms with E-state index in [0.29, 0.717) is 42.3 Å². The molecule has 1 heterocycles. The van der Waals surface area contributed by atoms with Gasteiger partial charge in [0.15, 0.2) is 16.7 Å². The van der Waals surface area contributed by atoms with E-state index in [1.54, 1.807) is 36.4 Å². The van der Waals surface area contributed by atoms with Crippen LogP contribution in [0.2, 0.25) is 5.02 Å². The Labute approximate surface area is 214 Å². The standard InChI is InChI=1S/C25H19BrClFN2O3S/c1-14-19(27)7-4-8-20(14)29-25-30-24(31)23(34-25)11-16-10-21(32-2)22(12-18(16)26)33-13-15-5-3-6-17(28)9-15/h3-12H,13H2,1-2H3,(H,29,30,31)/b23-11+. The number of hydrogen-bond donors (Lipinski definition) is 1. The van der Waals surface area contributed by atoms with Crippen LogP contribution in [0.3, 0.4) is 0 Å². The second-order valence-corrected chi connectivity index (χ2v) is 9.60. The lowest BCUT2D eigenvalue weighted by atomic mass is 10.1. The highest BCUT2D eigenvalue weighted by molar-refractivity contribution is 9.10. The van der Waals surface area contributed by atoms with Gasteiger partial charge in [0, 0.05) is 9.50 Å². The first-order chi connectivity index (χ1) is 16.3. The first-order valence-corrected chi connectivity index (χ1v) is 12.1. The monoisotopic (exact) mass is 560 g/mol. The van der Waals surface area contributed by atoms with Gasteiger partial charge in [-0.2, -0.15) is 0 Å². The first kappa shape index (κ1) is 24.3. The van der Waals surface area contributed by atoms with E-state index < -0.39 is 0 Å². The fraction of sp³-hybridized carbons (Fsp3) is 0.120. The molecule has 0 saturated carbocycles. The molecule has 0 unspecified atom stereocenters. The van der Waals surface area contributed by atoms with Crippen molar-refractivity contribution in [1.29, 1.82) is 0 Å². The SMILES string of the molecule is COc1cc(/C=C2/SC(=Nc3cccc(Cl)c3C)NC2=O)c(Br)cc1OCc1cccc(F)c1. The van der Waals surface area contributed by atoms with Crippen molar-refractivity contribution >= 4 is 62.1 Å². The van der Waals surface area contributed by atoms with Crippen LogP contribution < -0.4 is 14.8 Å². The molecule has 0 aliphatic carbocycles. The van der Waals surface area contributed by atoms with Crippen molar-refractivity contribution in [2.45, 2.75) is 13.5 Å². The Balaban J connectivity index is 1.55. The van der Waals surface area contributed by atoms with Crippen molar-refractivity contribution in [3.8, 4) is 11.5 Å². The van der Waals surface area contributed by atoms with Crippen LogP contribution in [0.25, 0.3) is 6.08 Å². The van der Waals surface area contributed by atoms with Crippen molar-refractivity contribution in [2.24, 2.45) is 4.99 Å². The number of rotatable bonds is 6. The number of benzene rings is 3. The van der Waals surface area contributed by atoms with Crippen molar-refractivity contribution in [1.82, 2.24) is 5.32 Å². The number of nitrogens with zero attached hydrogens (tertiary/aromatic N) is 1. The molecular formula is C25H19BrClFN2O3S. The second kappa shape index (κ2) is 10.6. The Morgan fingerprint density at radius 2 is 1.97 bits per heavy atom. The smallest absolute Gasteiger partial charge is 0.264 e. The maximum absolute atomic E-state index is 13.4. The van der Waals surface area contributed by atoms with Crippen molar-refractivity contribution < 1.29 is 18.7 Å². The number of carbonyl (C=O) groups excluding carboxylic acids is 1. The van der Waals surface area contributed by atoms with Crippen LogP contribution in [0.4, 0.5) is 10.1 Å². The minimum atomic E-state index is -0.322. The lowest BCUT2D eigenvalue weighted by Crippen LogP contribution is -2.19. The van der Waals surface area contributed by atoms with E-state index in [9.17, 15) is 9.18 Å². The van der Waals surface area contributed by atoms with Crippen LogP contribution in [-0.2, 0) is 11.4 Å². The quantitative estimate of drug-likeness (QED) is 0.328. The second-order valence-electron chi connectivity index (χ2n) is 7.31. The zero-order valence-electron chi connectivity index (χ0n) is 18.2. The summed E-state index contributed by atoms with van der Waals surface area (Å²) < 4.78 is 25.5. The molecule has 1 amide bonds. The summed E-state index contributed by atoms with van der Waals surface area (Å²) >= 11 is 10.9. The number of hydrogen-bond acceptors (Lipinski definition) is 5. The highest BCUT2D eigenvalue weighted by Crippen LogP contribution is 2.37. The van der Waals surface area contributed by atoms with E-state index in [0.717, 1.165) is 11.1 Å². The van der Waals surface area contributed by atoms with E-state index >= 15 is 0 Å². The Bertz CT molecular complexity index is 1330. The number of amidine groups is 1. The third-order valence-corrected chi connectivity index (χ3v) is 6.97. The van der Waals surface area contributed by atoms with Gasteiger partial charge in [0.05, 0.1) is 17.7 Å². The van der Waals surface area contributed by atoms with E-state index in [1.807, 2.05) is 19.1 Å². The maximum Gasteiger partial charge on any atom is 0.264 e. The predicted molar refractivity (Wildman–Crippen MR) is 138 cm³/mol. The number of amides is 1. The zero-order chi connectivity index (χ0) is 24.2. The van der Waals surface area contributed by atoms with Gasteiger partial charge < -0.3 is 14.8 Å². The lowest BCUT2D eigenvalue weighted by molar-refractivity contribution is -0.115. The summed E-state index contributed by atoms with van der Waals surface area (Å²) in [5.41, 5.74) is 2.96. The first-order valence-electron chi connectivity index (χ1n) is 10.1. The Hall–Kier alpha value is -2.81. The normalized spacial score (nSPS) is 15.6. The van der Waals surface area contributed by atoms with Gasteiger partial charge in [-0.3, -0.25) is 4.79 Å². The summed E-state index contributed by atoms with van der Waals surface area (Å²) in [7, 11) is 1.53. The highest BCUT2D eigenvalue weighted by Gasteiger charge is 2.25. The molecule has 1 aliphatic heterocycles. The predicted octanol–water partition coefficient (Wildman–Crippen LogP) is 7.03. The zero-order valence-corrected chi connectivity index (χ0v) is 21.4. The Morgan fingerprint density at radius 1 is 1.18 bits per heavy atom.